The van der Waals surface area contributed by atoms with Crippen LogP contribution in [0.25, 0.3) is 0 Å². The Morgan fingerprint density at radius 2 is 2.00 bits per heavy atom. The second-order valence-corrected chi connectivity index (χ2v) is 4.76. The third-order valence-electron chi connectivity index (χ3n) is 3.17. The molecule has 0 aromatic heterocycles. The molecular weight excluding hydrogens is 214 g/mol. The number of para-hydroxylation sites is 1. The molecule has 0 aliphatic rings. The fraction of sp³-hybridized carbons (Fsp3) is 0.500. The highest BCUT2D eigenvalue weighted by molar-refractivity contribution is 5.45. The highest BCUT2D eigenvalue weighted by Crippen LogP contribution is 2.25. The Hall–Kier alpha value is -1.51. The lowest BCUT2D eigenvalue weighted by Gasteiger charge is -2.33. The van der Waals surface area contributed by atoms with Crippen LogP contribution in [0.15, 0.2) is 30.3 Å². The maximum Gasteiger partial charge on any atom is 0.293 e. The lowest BCUT2D eigenvalue weighted by Crippen LogP contribution is -2.36. The number of carbonyl (C=O) groups is 1. The van der Waals surface area contributed by atoms with Crippen LogP contribution in [0.3, 0.4) is 0 Å². The van der Waals surface area contributed by atoms with Gasteiger partial charge < -0.3 is 9.64 Å². The third-order valence-corrected chi connectivity index (χ3v) is 3.17. The molecule has 0 radical (unpaired) electrons. The number of nitrogens with zero attached hydrogens (tertiary/aromatic N) is 1. The number of benzene rings is 1. The molecule has 1 atom stereocenters. The van der Waals surface area contributed by atoms with Crippen LogP contribution >= 0.6 is 0 Å². The normalized spacial score (nSPS) is 13.8. The fourth-order valence-corrected chi connectivity index (χ4v) is 1.84. The molecule has 94 valence electrons. The van der Waals surface area contributed by atoms with Gasteiger partial charge in [-0.05, 0) is 18.6 Å². The summed E-state index contributed by atoms with van der Waals surface area (Å²) in [6.07, 6.45) is 0.970. The van der Waals surface area contributed by atoms with Gasteiger partial charge in [-0.2, -0.15) is 0 Å². The van der Waals surface area contributed by atoms with Crippen molar-refractivity contribution in [2.75, 3.05) is 25.1 Å². The average molecular weight is 235 g/mol. The van der Waals surface area contributed by atoms with Crippen molar-refractivity contribution in [3.63, 3.8) is 0 Å². The molecule has 3 heteroatoms. The number of carbonyl (C=O) groups excluding carboxylic acids is 1. The smallest absolute Gasteiger partial charge is 0.293 e. The lowest BCUT2D eigenvalue weighted by molar-refractivity contribution is -0.131. The van der Waals surface area contributed by atoms with Crippen molar-refractivity contribution in [1.82, 2.24) is 0 Å². The van der Waals surface area contributed by atoms with Gasteiger partial charge in [-0.25, -0.2) is 0 Å². The van der Waals surface area contributed by atoms with E-state index in [-0.39, 0.29) is 5.41 Å². The summed E-state index contributed by atoms with van der Waals surface area (Å²) < 4.78 is 4.92. The second kappa shape index (κ2) is 6.28. The lowest BCUT2D eigenvalue weighted by atomic mass is 9.88. The quantitative estimate of drug-likeness (QED) is 0.681. The molecular formula is C14H21NO2. The molecule has 0 amide bonds. The minimum Gasteiger partial charge on any atom is -0.467 e. The fourth-order valence-electron chi connectivity index (χ4n) is 1.84. The van der Waals surface area contributed by atoms with Crippen molar-refractivity contribution in [3.8, 4) is 0 Å². The predicted octanol–water partition coefficient (Wildman–Crippen LogP) is 2.71. The molecule has 0 heterocycles. The van der Waals surface area contributed by atoms with Gasteiger partial charge in [-0.1, -0.05) is 32.0 Å². The van der Waals surface area contributed by atoms with Crippen molar-refractivity contribution in [2.45, 2.75) is 20.3 Å². The van der Waals surface area contributed by atoms with Crippen LogP contribution in [-0.2, 0) is 9.53 Å². The van der Waals surface area contributed by atoms with Gasteiger partial charge in [0.2, 0.25) is 0 Å². The topological polar surface area (TPSA) is 29.5 Å². The Morgan fingerprint density at radius 3 is 2.53 bits per heavy atom. The zero-order valence-corrected chi connectivity index (χ0v) is 10.8. The maximum absolute atomic E-state index is 10.3. The molecule has 1 aromatic rings. The van der Waals surface area contributed by atoms with E-state index in [1.807, 2.05) is 18.2 Å². The molecule has 1 unspecified atom stereocenters. The Balaban J connectivity index is 2.64. The Labute approximate surface area is 103 Å². The van der Waals surface area contributed by atoms with E-state index >= 15 is 0 Å². The minimum absolute atomic E-state index is 0.00843. The van der Waals surface area contributed by atoms with E-state index in [9.17, 15) is 4.79 Å². The first-order valence-corrected chi connectivity index (χ1v) is 5.93. The van der Waals surface area contributed by atoms with Crippen LogP contribution < -0.4 is 4.90 Å². The summed E-state index contributed by atoms with van der Waals surface area (Å²) in [5, 5.41) is 0. The first-order valence-electron chi connectivity index (χ1n) is 5.93. The van der Waals surface area contributed by atoms with Crippen molar-refractivity contribution in [2.24, 2.45) is 5.41 Å². The summed E-state index contributed by atoms with van der Waals surface area (Å²) in [6, 6.07) is 10.2. The molecule has 1 rings (SSSR count). The second-order valence-electron chi connectivity index (χ2n) is 4.76. The number of anilines is 1. The summed E-state index contributed by atoms with van der Waals surface area (Å²) in [5.74, 6) is 0. The average Bonchev–Trinajstić information content (AvgIpc) is 2.37. The SMILES string of the molecule is CCC(C)(COC=O)CN(C)c1ccccc1. The van der Waals surface area contributed by atoms with Crippen LogP contribution in [0.1, 0.15) is 20.3 Å². The van der Waals surface area contributed by atoms with E-state index < -0.39 is 0 Å². The van der Waals surface area contributed by atoms with Gasteiger partial charge >= 0.3 is 0 Å². The molecule has 0 bridgehead atoms. The number of hydrogen-bond donors (Lipinski definition) is 0. The van der Waals surface area contributed by atoms with Crippen molar-refractivity contribution in [3.05, 3.63) is 30.3 Å². The van der Waals surface area contributed by atoms with Gasteiger partial charge in [0, 0.05) is 24.7 Å². The molecule has 0 spiro atoms. The Kier molecular flexibility index (Phi) is 5.01. The van der Waals surface area contributed by atoms with Crippen LogP contribution in [0.5, 0.6) is 0 Å². The highest BCUT2D eigenvalue weighted by Gasteiger charge is 2.25. The number of ether oxygens (including phenoxy) is 1. The molecule has 17 heavy (non-hydrogen) atoms. The van der Waals surface area contributed by atoms with E-state index in [1.165, 1.54) is 5.69 Å². The van der Waals surface area contributed by atoms with Crippen LogP contribution in [0, 0.1) is 5.41 Å². The van der Waals surface area contributed by atoms with Crippen LogP contribution in [0.4, 0.5) is 5.69 Å². The van der Waals surface area contributed by atoms with E-state index in [4.69, 9.17) is 4.74 Å². The van der Waals surface area contributed by atoms with Crippen LogP contribution in [0.2, 0.25) is 0 Å². The van der Waals surface area contributed by atoms with Gasteiger partial charge in [0.05, 0.1) is 6.61 Å². The van der Waals surface area contributed by atoms with Gasteiger partial charge in [0.15, 0.2) is 0 Å². The Morgan fingerprint density at radius 1 is 1.35 bits per heavy atom. The maximum atomic E-state index is 10.3. The largest absolute Gasteiger partial charge is 0.467 e. The van der Waals surface area contributed by atoms with Gasteiger partial charge in [-0.15, -0.1) is 0 Å². The van der Waals surface area contributed by atoms with E-state index in [0.717, 1.165) is 13.0 Å². The Bertz CT molecular complexity index is 339. The summed E-state index contributed by atoms with van der Waals surface area (Å²) >= 11 is 0. The number of rotatable bonds is 7. The molecule has 0 aliphatic carbocycles. The molecule has 0 saturated carbocycles. The molecule has 0 N–H and O–H groups in total. The minimum atomic E-state index is -0.00843. The van der Waals surface area contributed by atoms with E-state index in [0.29, 0.717) is 13.1 Å². The summed E-state index contributed by atoms with van der Waals surface area (Å²) in [4.78, 5) is 12.5. The summed E-state index contributed by atoms with van der Waals surface area (Å²) in [7, 11) is 2.06. The molecule has 0 saturated heterocycles. The van der Waals surface area contributed by atoms with Crippen molar-refractivity contribution in [1.29, 1.82) is 0 Å². The monoisotopic (exact) mass is 235 g/mol. The number of hydrogen-bond acceptors (Lipinski definition) is 3. The zero-order valence-electron chi connectivity index (χ0n) is 10.8. The highest BCUT2D eigenvalue weighted by atomic mass is 16.5. The van der Waals surface area contributed by atoms with E-state index in [2.05, 4.69) is 37.9 Å². The van der Waals surface area contributed by atoms with Crippen molar-refractivity contribution >= 4 is 12.2 Å². The third kappa shape index (κ3) is 4.10. The molecule has 0 aliphatic heterocycles. The standard InChI is InChI=1S/C14H21NO2/c1-4-14(2,11-17-12-16)10-15(3)13-8-6-5-7-9-13/h5-9,12H,4,10-11H2,1-3H3. The molecule has 0 fully saturated rings. The molecule has 3 nitrogen and oxygen atoms in total. The summed E-state index contributed by atoms with van der Waals surface area (Å²) in [5.41, 5.74) is 1.17. The first-order chi connectivity index (χ1) is 8.11. The molecule has 1 aromatic carbocycles. The van der Waals surface area contributed by atoms with Gasteiger partial charge in [-0.3, -0.25) is 4.79 Å². The predicted molar refractivity (Wildman–Crippen MR) is 70.1 cm³/mol. The zero-order chi connectivity index (χ0) is 12.7. The van der Waals surface area contributed by atoms with Gasteiger partial charge in [0.1, 0.15) is 0 Å². The summed E-state index contributed by atoms with van der Waals surface area (Å²) in [6.45, 7) is 6.10. The van der Waals surface area contributed by atoms with Crippen molar-refractivity contribution < 1.29 is 9.53 Å². The van der Waals surface area contributed by atoms with Crippen LogP contribution in [-0.4, -0.2) is 26.7 Å². The van der Waals surface area contributed by atoms with E-state index in [1.54, 1.807) is 0 Å². The first kappa shape index (κ1) is 13.6. The van der Waals surface area contributed by atoms with Gasteiger partial charge in [0.25, 0.3) is 6.47 Å².